The molecule has 2 saturated heterocycles. The smallest absolute Gasteiger partial charge is 0.234 e. The van der Waals surface area contributed by atoms with Gasteiger partial charge in [0.25, 0.3) is 0 Å². The molecule has 2 fully saturated rings. The summed E-state index contributed by atoms with van der Waals surface area (Å²) in [5.74, 6) is 2.33. The zero-order chi connectivity index (χ0) is 20.9. The Bertz CT molecular complexity index is 810. The van der Waals surface area contributed by atoms with Crippen LogP contribution in [-0.2, 0) is 4.79 Å². The van der Waals surface area contributed by atoms with E-state index >= 15 is 0 Å². The molecule has 1 aromatic carbocycles. The van der Waals surface area contributed by atoms with Crippen LogP contribution in [0, 0.1) is 5.92 Å². The Kier molecular flexibility index (Phi) is 6.82. The lowest BCUT2D eigenvalue weighted by atomic mass is 9.85. The molecule has 162 valence electrons. The summed E-state index contributed by atoms with van der Waals surface area (Å²) in [7, 11) is 0. The number of nitrogens with one attached hydrogen (secondary N) is 1. The topological polar surface area (TPSA) is 71.3 Å². The molecule has 2 aliphatic heterocycles. The molecule has 4 rings (SSSR count). The van der Waals surface area contributed by atoms with Crippen LogP contribution in [0.25, 0.3) is 0 Å². The molecule has 2 aromatic rings. The van der Waals surface area contributed by atoms with Gasteiger partial charge in [-0.25, -0.2) is 0 Å². The quantitative estimate of drug-likeness (QED) is 0.697. The molecule has 2 atom stereocenters. The summed E-state index contributed by atoms with van der Waals surface area (Å²) >= 11 is 0. The minimum Gasteiger partial charge on any atom is -0.423 e. The van der Waals surface area contributed by atoms with Crippen LogP contribution in [0.4, 0.5) is 0 Å². The second-order valence-corrected chi connectivity index (χ2v) is 8.78. The Morgan fingerprint density at radius 3 is 2.53 bits per heavy atom. The van der Waals surface area contributed by atoms with Crippen LogP contribution in [-0.4, -0.2) is 40.6 Å². The van der Waals surface area contributed by atoms with Gasteiger partial charge in [-0.2, -0.15) is 0 Å². The van der Waals surface area contributed by atoms with E-state index in [1.54, 1.807) is 0 Å². The highest BCUT2D eigenvalue weighted by atomic mass is 16.4. The van der Waals surface area contributed by atoms with Gasteiger partial charge in [-0.05, 0) is 37.8 Å². The van der Waals surface area contributed by atoms with Crippen LogP contribution < -0.4 is 5.32 Å². The number of rotatable bonds is 8. The van der Waals surface area contributed by atoms with Crippen molar-refractivity contribution in [1.82, 2.24) is 20.4 Å². The van der Waals surface area contributed by atoms with Crippen LogP contribution in [0.1, 0.15) is 87.6 Å². The van der Waals surface area contributed by atoms with E-state index in [9.17, 15) is 4.79 Å². The van der Waals surface area contributed by atoms with Gasteiger partial charge in [-0.1, -0.05) is 57.0 Å². The zero-order valence-electron chi connectivity index (χ0n) is 18.2. The second kappa shape index (κ2) is 9.73. The number of carbonyl (C=O) groups excluding carboxylic acids is 1. The van der Waals surface area contributed by atoms with Crippen molar-refractivity contribution in [2.75, 3.05) is 19.6 Å². The third-order valence-electron chi connectivity index (χ3n) is 6.57. The number of amides is 1. The van der Waals surface area contributed by atoms with Crippen LogP contribution in [0.3, 0.4) is 0 Å². The number of piperidine rings is 1. The number of likely N-dealkylation sites (tertiary alicyclic amines) is 1. The van der Waals surface area contributed by atoms with Gasteiger partial charge in [0.1, 0.15) is 0 Å². The lowest BCUT2D eigenvalue weighted by Crippen LogP contribution is -2.50. The van der Waals surface area contributed by atoms with Crippen molar-refractivity contribution >= 4 is 5.91 Å². The first-order valence-corrected chi connectivity index (χ1v) is 11.6. The number of nitrogens with zero attached hydrogens (tertiary/aromatic N) is 3. The molecule has 0 unspecified atom stereocenters. The first kappa shape index (κ1) is 21.0. The number of carbonyl (C=O) groups is 1. The molecular weight excluding hydrogens is 376 g/mol. The van der Waals surface area contributed by atoms with Gasteiger partial charge < -0.3 is 14.6 Å². The molecule has 0 spiro atoms. The molecule has 0 radical (unpaired) electrons. The van der Waals surface area contributed by atoms with Crippen molar-refractivity contribution in [3.8, 4) is 0 Å². The summed E-state index contributed by atoms with van der Waals surface area (Å²) in [6.45, 7) is 6.66. The first-order valence-electron chi connectivity index (χ1n) is 11.6. The molecule has 6 nitrogen and oxygen atoms in total. The number of hydrogen-bond acceptors (Lipinski definition) is 5. The highest BCUT2D eigenvalue weighted by molar-refractivity contribution is 5.79. The predicted octanol–water partition coefficient (Wildman–Crippen LogP) is 4.42. The molecule has 0 bridgehead atoms. The van der Waals surface area contributed by atoms with Gasteiger partial charge in [0.2, 0.25) is 17.7 Å². The number of aromatic nitrogens is 2. The third-order valence-corrected chi connectivity index (χ3v) is 6.57. The van der Waals surface area contributed by atoms with Crippen LogP contribution >= 0.6 is 0 Å². The lowest BCUT2D eigenvalue weighted by molar-refractivity contribution is -0.141. The molecule has 1 aromatic heterocycles. The average molecular weight is 411 g/mol. The van der Waals surface area contributed by atoms with Crippen molar-refractivity contribution < 1.29 is 9.21 Å². The fraction of sp³-hybridized carbons (Fsp3) is 0.625. The minimum absolute atomic E-state index is 0.0544. The Balaban J connectivity index is 1.39. The zero-order valence-corrected chi connectivity index (χ0v) is 18.2. The molecule has 0 saturated carbocycles. The number of hydrogen-bond donors (Lipinski definition) is 1. The predicted molar refractivity (Wildman–Crippen MR) is 116 cm³/mol. The molecule has 1 N–H and O–H groups in total. The van der Waals surface area contributed by atoms with Gasteiger partial charge >= 0.3 is 0 Å². The highest BCUT2D eigenvalue weighted by Gasteiger charge is 2.39. The van der Waals surface area contributed by atoms with Crippen LogP contribution in [0.2, 0.25) is 0 Å². The van der Waals surface area contributed by atoms with Crippen molar-refractivity contribution in [1.29, 1.82) is 0 Å². The Labute approximate surface area is 179 Å². The van der Waals surface area contributed by atoms with E-state index in [-0.39, 0.29) is 17.9 Å². The van der Waals surface area contributed by atoms with Gasteiger partial charge in [0.15, 0.2) is 0 Å². The molecular formula is C24H34N4O2. The summed E-state index contributed by atoms with van der Waals surface area (Å²) in [5, 5.41) is 12.3. The SMILES string of the molecule is CCCC(CCC)C(=O)N1CC(c2nnc([C@@H]3NCCC[C@@H]3c3ccccc3)o2)C1. The molecule has 30 heavy (non-hydrogen) atoms. The average Bonchev–Trinajstić information content (AvgIpc) is 3.22. The maximum Gasteiger partial charge on any atom is 0.234 e. The summed E-state index contributed by atoms with van der Waals surface area (Å²) in [5.41, 5.74) is 1.31. The second-order valence-electron chi connectivity index (χ2n) is 8.78. The first-order chi connectivity index (χ1) is 14.7. The summed E-state index contributed by atoms with van der Waals surface area (Å²) in [6, 6.07) is 10.6. The molecule has 0 aliphatic carbocycles. The van der Waals surface area contributed by atoms with E-state index in [4.69, 9.17) is 4.42 Å². The Hall–Kier alpha value is -2.21. The van der Waals surface area contributed by atoms with E-state index in [0.29, 0.717) is 36.7 Å². The lowest BCUT2D eigenvalue weighted by Gasteiger charge is -2.39. The van der Waals surface area contributed by atoms with Crippen molar-refractivity contribution in [2.45, 2.75) is 70.3 Å². The highest BCUT2D eigenvalue weighted by Crippen LogP contribution is 2.38. The Morgan fingerprint density at radius 1 is 1.13 bits per heavy atom. The summed E-state index contributed by atoms with van der Waals surface area (Å²) in [6.07, 6.45) is 6.32. The van der Waals surface area contributed by atoms with Crippen molar-refractivity contribution in [3.63, 3.8) is 0 Å². The minimum atomic E-state index is 0.0544. The number of benzene rings is 1. The van der Waals surface area contributed by atoms with Crippen molar-refractivity contribution in [2.24, 2.45) is 5.92 Å². The monoisotopic (exact) mass is 410 g/mol. The van der Waals surface area contributed by atoms with Crippen molar-refractivity contribution in [3.05, 3.63) is 47.7 Å². The van der Waals surface area contributed by atoms with Crippen LogP contribution in [0.15, 0.2) is 34.7 Å². The van der Waals surface area contributed by atoms with Gasteiger partial charge in [-0.3, -0.25) is 4.79 Å². The standard InChI is InChI=1S/C24H34N4O2/c1-3-9-18(10-4-2)24(29)28-15-19(16-28)22-26-27-23(30-22)21-20(13-8-14-25-21)17-11-6-5-7-12-17/h5-7,11-12,18-21,25H,3-4,8-10,13-16H2,1-2H3/t20-,21-/m1/s1. The van der Waals surface area contributed by atoms with Gasteiger partial charge in [0.05, 0.1) is 12.0 Å². The fourth-order valence-electron chi connectivity index (χ4n) is 4.91. The maximum absolute atomic E-state index is 12.8. The molecule has 3 heterocycles. The maximum atomic E-state index is 12.8. The fourth-order valence-corrected chi connectivity index (χ4v) is 4.91. The van der Waals surface area contributed by atoms with E-state index in [0.717, 1.165) is 45.1 Å². The van der Waals surface area contributed by atoms with Gasteiger partial charge in [0, 0.05) is 24.9 Å². The third kappa shape index (κ3) is 4.43. The van der Waals surface area contributed by atoms with E-state index in [2.05, 4.69) is 59.7 Å². The normalized spacial score (nSPS) is 22.3. The van der Waals surface area contributed by atoms with E-state index in [1.165, 1.54) is 5.56 Å². The van der Waals surface area contributed by atoms with Gasteiger partial charge in [-0.15, -0.1) is 10.2 Å². The molecule has 6 heteroatoms. The van der Waals surface area contributed by atoms with E-state index < -0.39 is 0 Å². The van der Waals surface area contributed by atoms with Crippen LogP contribution in [0.5, 0.6) is 0 Å². The largest absolute Gasteiger partial charge is 0.423 e. The molecule has 1 amide bonds. The Morgan fingerprint density at radius 2 is 1.83 bits per heavy atom. The summed E-state index contributed by atoms with van der Waals surface area (Å²) < 4.78 is 6.14. The molecule has 2 aliphatic rings. The summed E-state index contributed by atoms with van der Waals surface area (Å²) in [4.78, 5) is 14.8. The van der Waals surface area contributed by atoms with E-state index in [1.807, 2.05) is 4.90 Å².